The molecule has 2 aliphatic carbocycles. The third kappa shape index (κ3) is 8.57. The predicted molar refractivity (Wildman–Crippen MR) is 253 cm³/mol. The van der Waals surface area contributed by atoms with E-state index in [1.54, 1.807) is 24.4 Å². The fraction of sp³-hybridized carbons (Fsp3) is 0.500. The number of hydrogen-bond donors (Lipinski definition) is 3. The van der Waals surface area contributed by atoms with Crippen molar-refractivity contribution < 1.29 is 27.6 Å². The molecule has 5 aliphatic rings. The molecule has 0 radical (unpaired) electrons. The van der Waals surface area contributed by atoms with E-state index in [0.717, 1.165) is 75.3 Å². The lowest BCUT2D eigenvalue weighted by atomic mass is 9.59. The van der Waals surface area contributed by atoms with E-state index in [0.29, 0.717) is 34.8 Å². The number of nitrogens with zero attached hydrogens (tertiary/aromatic N) is 5. The molecule has 5 aromatic rings. The van der Waals surface area contributed by atoms with E-state index >= 15 is 0 Å². The van der Waals surface area contributed by atoms with Crippen molar-refractivity contribution in [2.45, 2.75) is 121 Å². The van der Waals surface area contributed by atoms with E-state index in [9.17, 15) is 23.3 Å². The highest BCUT2D eigenvalue weighted by Gasteiger charge is 2.50. The number of carbonyl (C=O) groups is 1. The van der Waals surface area contributed by atoms with Gasteiger partial charge in [0, 0.05) is 48.5 Å². The number of H-pyrrole nitrogens is 1. The number of aromatic nitrogens is 3. The molecule has 2 atom stereocenters. The van der Waals surface area contributed by atoms with Crippen molar-refractivity contribution >= 4 is 44.0 Å². The topological polar surface area (TPSA) is 185 Å². The summed E-state index contributed by atoms with van der Waals surface area (Å²) in [6.45, 7) is 12.1. The SMILES string of the molecule is CC(C)c1ccccc1[C@H]1CCCN1C1CC2(CCN(c3ccc(C(=O)NS(=O)(=O)c4cc([N+](=O)[O-])c5c(n4)OC[C@H](C4CCC(C)(C)CC4)N5)c(Oc4cnc5[nH]ccc5c4)c3)CC2)C1. The first kappa shape index (κ1) is 44.1. The molecular weight excluding hydrogens is 857 g/mol. The second-order valence-corrected chi connectivity index (χ2v) is 22.1. The van der Waals surface area contributed by atoms with Crippen LogP contribution in [0.5, 0.6) is 17.4 Å². The summed E-state index contributed by atoms with van der Waals surface area (Å²) in [5, 5.41) is 15.7. The van der Waals surface area contributed by atoms with Gasteiger partial charge >= 0.3 is 5.69 Å². The van der Waals surface area contributed by atoms with Gasteiger partial charge in [-0.3, -0.25) is 19.8 Å². The van der Waals surface area contributed by atoms with Gasteiger partial charge in [0.15, 0.2) is 10.7 Å². The van der Waals surface area contributed by atoms with E-state index < -0.39 is 31.6 Å². The molecule has 3 aliphatic heterocycles. The molecule has 10 rings (SSSR count). The number of nitro groups is 1. The van der Waals surface area contributed by atoms with E-state index in [1.165, 1.54) is 43.0 Å². The van der Waals surface area contributed by atoms with Gasteiger partial charge in [0.25, 0.3) is 15.9 Å². The minimum atomic E-state index is -4.74. The molecule has 16 heteroatoms. The number of fused-ring (bicyclic) bond motifs is 2. The van der Waals surface area contributed by atoms with Crippen LogP contribution >= 0.6 is 0 Å². The molecule has 6 heterocycles. The fourth-order valence-electron chi connectivity index (χ4n) is 11.5. The Bertz CT molecular complexity index is 2770. The highest BCUT2D eigenvalue weighted by molar-refractivity contribution is 7.90. The summed E-state index contributed by atoms with van der Waals surface area (Å²) >= 11 is 0. The summed E-state index contributed by atoms with van der Waals surface area (Å²) in [7, 11) is -4.74. The molecule has 1 spiro atoms. The molecular formula is C50H60N8O7S. The molecule has 348 valence electrons. The average molecular weight is 917 g/mol. The Labute approximate surface area is 386 Å². The summed E-state index contributed by atoms with van der Waals surface area (Å²) in [6.07, 6.45) is 14.2. The molecule has 2 saturated heterocycles. The maximum absolute atomic E-state index is 14.1. The van der Waals surface area contributed by atoms with Gasteiger partial charge in [-0.05, 0) is 129 Å². The maximum atomic E-state index is 14.1. The third-order valence-electron chi connectivity index (χ3n) is 15.4. The van der Waals surface area contributed by atoms with E-state index in [2.05, 4.69) is 86.8 Å². The van der Waals surface area contributed by atoms with Crippen LogP contribution in [-0.4, -0.2) is 77.4 Å². The molecule has 0 unspecified atom stereocenters. The van der Waals surface area contributed by atoms with Crippen molar-refractivity contribution in [1.82, 2.24) is 24.6 Å². The Morgan fingerprint density at radius 1 is 1.00 bits per heavy atom. The molecule has 2 aromatic carbocycles. The number of aromatic amines is 1. The number of anilines is 2. The van der Waals surface area contributed by atoms with Gasteiger partial charge in [-0.1, -0.05) is 52.0 Å². The van der Waals surface area contributed by atoms with Crippen LogP contribution in [0.1, 0.15) is 125 Å². The zero-order valence-corrected chi connectivity index (χ0v) is 39.0. The van der Waals surface area contributed by atoms with Crippen LogP contribution in [0.15, 0.2) is 78.1 Å². The first-order chi connectivity index (χ1) is 31.6. The Morgan fingerprint density at radius 2 is 1.77 bits per heavy atom. The molecule has 1 amide bonds. The molecule has 66 heavy (non-hydrogen) atoms. The second-order valence-electron chi connectivity index (χ2n) is 20.5. The number of ether oxygens (including phenoxy) is 2. The van der Waals surface area contributed by atoms with Crippen molar-refractivity contribution in [3.8, 4) is 17.4 Å². The lowest BCUT2D eigenvalue weighted by Crippen LogP contribution is -2.54. The second kappa shape index (κ2) is 17.2. The van der Waals surface area contributed by atoms with Gasteiger partial charge in [-0.15, -0.1) is 0 Å². The van der Waals surface area contributed by atoms with Crippen LogP contribution in [0.2, 0.25) is 0 Å². The lowest BCUT2D eigenvalue weighted by molar-refractivity contribution is -0.384. The number of benzene rings is 2. The van der Waals surface area contributed by atoms with Crippen LogP contribution < -0.4 is 24.4 Å². The van der Waals surface area contributed by atoms with Gasteiger partial charge in [0.1, 0.15) is 23.8 Å². The predicted octanol–water partition coefficient (Wildman–Crippen LogP) is 9.88. The quantitative estimate of drug-likeness (QED) is 0.0843. The number of amides is 1. The van der Waals surface area contributed by atoms with Crippen molar-refractivity contribution in [1.29, 1.82) is 0 Å². The van der Waals surface area contributed by atoms with Gasteiger partial charge in [-0.25, -0.2) is 9.71 Å². The van der Waals surface area contributed by atoms with E-state index in [-0.39, 0.29) is 46.9 Å². The Kier molecular flexibility index (Phi) is 11.5. The third-order valence-corrected chi connectivity index (χ3v) is 16.6. The number of piperidine rings is 1. The van der Waals surface area contributed by atoms with Gasteiger partial charge in [0.05, 0.1) is 28.8 Å². The van der Waals surface area contributed by atoms with Crippen molar-refractivity contribution in [2.24, 2.45) is 16.7 Å². The van der Waals surface area contributed by atoms with Crippen LogP contribution in [-0.2, 0) is 10.0 Å². The standard InChI is InChI=1S/C50H60N8O7S/c1-31(2)37-8-5-6-9-38(37)41-10-7-21-57(41)35-27-50(28-35)18-22-56(23-19-50)34-11-12-39(43(25-34)65-36-24-33-15-20-51-46(33)52-29-36)47(59)55-66(62,63)44-26-42(58(60)61)45-48(54-44)64-30-40(53-45)32-13-16-49(3,4)17-14-32/h5-6,8-9,11-12,15,20,24-26,29,31-32,35,40-41,53H,7,10,13-14,16-19,21-23,27-28,30H2,1-4H3,(H,51,52)(H,55,59)/t40-,41-/m1/s1. The summed E-state index contributed by atoms with van der Waals surface area (Å²) in [5.74, 6) is 0.0498. The minimum absolute atomic E-state index is 0.0369. The van der Waals surface area contributed by atoms with Crippen LogP contribution in [0, 0.1) is 26.9 Å². The minimum Gasteiger partial charge on any atom is -0.474 e. The molecule has 15 nitrogen and oxygen atoms in total. The van der Waals surface area contributed by atoms with Crippen LogP contribution in [0.3, 0.4) is 0 Å². The summed E-state index contributed by atoms with van der Waals surface area (Å²) in [6, 6.07) is 19.5. The van der Waals surface area contributed by atoms with Gasteiger partial charge in [-0.2, -0.15) is 13.4 Å². The van der Waals surface area contributed by atoms with Crippen LogP contribution in [0.4, 0.5) is 17.1 Å². The number of rotatable bonds is 11. The monoisotopic (exact) mass is 916 g/mol. The molecule has 3 aromatic heterocycles. The molecule has 3 N–H and O–H groups in total. The van der Waals surface area contributed by atoms with Crippen molar-refractivity contribution in [2.75, 3.05) is 36.5 Å². The normalized spacial score (nSPS) is 22.1. The molecule has 4 fully saturated rings. The number of sulfonamides is 1. The zero-order chi connectivity index (χ0) is 46.0. The van der Waals surface area contributed by atoms with Crippen LogP contribution in [0.25, 0.3) is 11.0 Å². The summed E-state index contributed by atoms with van der Waals surface area (Å²) in [4.78, 5) is 42.6. The van der Waals surface area contributed by atoms with E-state index in [4.69, 9.17) is 9.47 Å². The van der Waals surface area contributed by atoms with Crippen molar-refractivity contribution in [3.05, 3.63) is 99.9 Å². The Hall–Kier alpha value is -5.74. The van der Waals surface area contributed by atoms with Crippen molar-refractivity contribution in [3.63, 3.8) is 0 Å². The van der Waals surface area contributed by atoms with Gasteiger partial charge in [0.2, 0.25) is 5.88 Å². The summed E-state index contributed by atoms with van der Waals surface area (Å²) < 4.78 is 42.3. The zero-order valence-electron chi connectivity index (χ0n) is 38.2. The highest BCUT2D eigenvalue weighted by atomic mass is 32.2. The maximum Gasteiger partial charge on any atom is 0.300 e. The number of nitrogens with one attached hydrogen (secondary N) is 3. The first-order valence-electron chi connectivity index (χ1n) is 23.6. The Balaban J connectivity index is 0.855. The van der Waals surface area contributed by atoms with E-state index in [1.807, 2.05) is 12.1 Å². The number of likely N-dealkylation sites (tertiary alicyclic amines) is 1. The Morgan fingerprint density at radius 3 is 2.53 bits per heavy atom. The lowest BCUT2D eigenvalue weighted by Gasteiger charge is -2.56. The number of hydrogen-bond acceptors (Lipinski definition) is 12. The van der Waals surface area contributed by atoms with Gasteiger partial charge < -0.3 is 24.7 Å². The number of pyridine rings is 2. The molecule has 0 bridgehead atoms. The fourth-order valence-corrected chi connectivity index (χ4v) is 12.4. The summed E-state index contributed by atoms with van der Waals surface area (Å²) in [5.41, 5.74) is 4.51. The smallest absolute Gasteiger partial charge is 0.300 e. The number of carbonyl (C=O) groups excluding carboxylic acids is 1. The average Bonchev–Trinajstić information content (AvgIpc) is 3.98. The first-order valence-corrected chi connectivity index (χ1v) is 25.1. The highest BCUT2D eigenvalue weighted by Crippen LogP contribution is 2.54. The molecule has 2 saturated carbocycles. The largest absolute Gasteiger partial charge is 0.474 e.